The number of para-hydroxylation sites is 1. The number of carbonyl (C=O) groups excluding carboxylic acids is 1. The second kappa shape index (κ2) is 6.52. The van der Waals surface area contributed by atoms with Gasteiger partial charge in [-0.2, -0.15) is 0 Å². The van der Waals surface area contributed by atoms with E-state index in [1.54, 1.807) is 18.2 Å². The molecule has 1 amide bonds. The second-order valence-electron chi connectivity index (χ2n) is 5.36. The first-order valence-electron chi connectivity index (χ1n) is 7.41. The highest BCUT2D eigenvalue weighted by atomic mass is 35.5. The van der Waals surface area contributed by atoms with Gasteiger partial charge in [0.2, 0.25) is 0 Å². The standard InChI is InChI=1S/C18H11Cl2N3OS/c19-11-5-3-6-12(20)16(11)15-9-25-18(22-15)23-17(24)14-8-10-4-1-2-7-13(10)21-14/h1-9,21H,(H,22,23,24). The smallest absolute Gasteiger partial charge is 0.273 e. The molecule has 2 heterocycles. The Bertz CT molecular complexity index is 1030. The fraction of sp³-hybridized carbons (Fsp3) is 0. The maximum absolute atomic E-state index is 12.4. The van der Waals surface area contributed by atoms with Gasteiger partial charge in [0.25, 0.3) is 5.91 Å². The van der Waals surface area contributed by atoms with E-state index >= 15 is 0 Å². The minimum absolute atomic E-state index is 0.248. The van der Waals surface area contributed by atoms with Crippen LogP contribution in [0.2, 0.25) is 10.0 Å². The van der Waals surface area contributed by atoms with Crippen LogP contribution < -0.4 is 5.32 Å². The molecule has 4 rings (SSSR count). The zero-order chi connectivity index (χ0) is 17.4. The van der Waals surface area contributed by atoms with Gasteiger partial charge in [0.1, 0.15) is 5.69 Å². The SMILES string of the molecule is O=C(Nc1nc(-c2c(Cl)cccc2Cl)cs1)c1cc2ccccc2[nH]1. The summed E-state index contributed by atoms with van der Waals surface area (Å²) in [5.74, 6) is -0.248. The highest BCUT2D eigenvalue weighted by Gasteiger charge is 2.15. The molecule has 25 heavy (non-hydrogen) atoms. The molecular formula is C18H11Cl2N3OS. The first kappa shape index (κ1) is 16.1. The molecule has 0 bridgehead atoms. The summed E-state index contributed by atoms with van der Waals surface area (Å²) in [5, 5.41) is 7.12. The van der Waals surface area contributed by atoms with E-state index in [1.807, 2.05) is 35.7 Å². The number of H-pyrrole nitrogens is 1. The highest BCUT2D eigenvalue weighted by molar-refractivity contribution is 7.14. The Hall–Kier alpha value is -2.34. The summed E-state index contributed by atoms with van der Waals surface area (Å²) < 4.78 is 0. The van der Waals surface area contributed by atoms with Crippen molar-refractivity contribution in [1.82, 2.24) is 9.97 Å². The molecule has 0 aliphatic heterocycles. The molecular weight excluding hydrogens is 377 g/mol. The quantitative estimate of drug-likeness (QED) is 0.463. The fourth-order valence-corrected chi connectivity index (χ4v) is 3.84. The summed E-state index contributed by atoms with van der Waals surface area (Å²) in [6.07, 6.45) is 0. The second-order valence-corrected chi connectivity index (χ2v) is 7.03. The highest BCUT2D eigenvalue weighted by Crippen LogP contribution is 2.36. The molecule has 0 atom stereocenters. The molecule has 124 valence electrons. The largest absolute Gasteiger partial charge is 0.351 e. The third-order valence-corrected chi connectivity index (χ3v) is 5.11. The molecule has 0 aliphatic rings. The van der Waals surface area contributed by atoms with Crippen LogP contribution in [0.15, 0.2) is 53.9 Å². The Balaban J connectivity index is 1.59. The van der Waals surface area contributed by atoms with Gasteiger partial charge in [0, 0.05) is 21.8 Å². The van der Waals surface area contributed by atoms with Gasteiger partial charge in [0.15, 0.2) is 5.13 Å². The van der Waals surface area contributed by atoms with Crippen LogP contribution in [0.4, 0.5) is 5.13 Å². The van der Waals surface area contributed by atoms with Crippen molar-refractivity contribution in [2.45, 2.75) is 0 Å². The first-order valence-corrected chi connectivity index (χ1v) is 9.04. The Kier molecular flexibility index (Phi) is 4.21. The summed E-state index contributed by atoms with van der Waals surface area (Å²) in [5.41, 5.74) is 2.68. The van der Waals surface area contributed by atoms with Gasteiger partial charge in [0.05, 0.1) is 15.7 Å². The number of halogens is 2. The van der Waals surface area contributed by atoms with E-state index < -0.39 is 0 Å². The summed E-state index contributed by atoms with van der Waals surface area (Å²) in [4.78, 5) is 20.0. The fourth-order valence-electron chi connectivity index (χ4n) is 2.55. The average molecular weight is 388 g/mol. The van der Waals surface area contributed by atoms with Crippen molar-refractivity contribution in [3.63, 3.8) is 0 Å². The number of nitrogens with one attached hydrogen (secondary N) is 2. The minimum atomic E-state index is -0.248. The topological polar surface area (TPSA) is 57.8 Å². The zero-order valence-electron chi connectivity index (χ0n) is 12.7. The molecule has 0 fully saturated rings. The van der Waals surface area contributed by atoms with Crippen LogP contribution in [-0.4, -0.2) is 15.9 Å². The molecule has 0 saturated heterocycles. The predicted octanol–water partition coefficient (Wildman–Crippen LogP) is 5.85. The van der Waals surface area contributed by atoms with Crippen molar-refractivity contribution in [3.8, 4) is 11.3 Å². The molecule has 0 aliphatic carbocycles. The Morgan fingerprint density at radius 3 is 2.60 bits per heavy atom. The van der Waals surface area contributed by atoms with Crippen LogP contribution in [0, 0.1) is 0 Å². The van der Waals surface area contributed by atoms with E-state index in [-0.39, 0.29) is 5.91 Å². The zero-order valence-corrected chi connectivity index (χ0v) is 15.0. The normalized spacial score (nSPS) is 11.0. The summed E-state index contributed by atoms with van der Waals surface area (Å²) >= 11 is 13.7. The van der Waals surface area contributed by atoms with Gasteiger partial charge in [-0.1, -0.05) is 47.5 Å². The molecule has 7 heteroatoms. The Morgan fingerprint density at radius 2 is 1.84 bits per heavy atom. The van der Waals surface area contributed by atoms with Gasteiger partial charge in [-0.25, -0.2) is 4.98 Å². The minimum Gasteiger partial charge on any atom is -0.351 e. The Morgan fingerprint density at radius 1 is 1.08 bits per heavy atom. The van der Waals surface area contributed by atoms with E-state index in [0.717, 1.165) is 10.9 Å². The lowest BCUT2D eigenvalue weighted by Gasteiger charge is -2.03. The molecule has 0 saturated carbocycles. The summed E-state index contributed by atoms with van der Waals surface area (Å²) in [6, 6.07) is 14.8. The molecule has 2 aromatic carbocycles. The van der Waals surface area contributed by atoms with E-state index in [2.05, 4.69) is 15.3 Å². The van der Waals surface area contributed by atoms with E-state index in [4.69, 9.17) is 23.2 Å². The van der Waals surface area contributed by atoms with Crippen molar-refractivity contribution in [3.05, 3.63) is 69.7 Å². The van der Waals surface area contributed by atoms with Crippen LogP contribution in [0.1, 0.15) is 10.5 Å². The van der Waals surface area contributed by atoms with Crippen LogP contribution in [-0.2, 0) is 0 Å². The van der Waals surface area contributed by atoms with Gasteiger partial charge in [-0.3, -0.25) is 10.1 Å². The number of thiazole rings is 1. The monoisotopic (exact) mass is 387 g/mol. The number of carbonyl (C=O) groups is 1. The lowest BCUT2D eigenvalue weighted by molar-refractivity contribution is 0.102. The lowest BCUT2D eigenvalue weighted by Crippen LogP contribution is -2.11. The summed E-state index contributed by atoms with van der Waals surface area (Å²) in [7, 11) is 0. The number of hydrogen-bond acceptors (Lipinski definition) is 3. The lowest BCUT2D eigenvalue weighted by atomic mass is 10.2. The predicted molar refractivity (Wildman–Crippen MR) is 104 cm³/mol. The molecule has 4 nitrogen and oxygen atoms in total. The van der Waals surface area contributed by atoms with Crippen LogP contribution >= 0.6 is 34.5 Å². The van der Waals surface area contributed by atoms with Gasteiger partial charge >= 0.3 is 0 Å². The number of amides is 1. The molecule has 0 unspecified atom stereocenters. The van der Waals surface area contributed by atoms with Crippen molar-refractivity contribution in [2.24, 2.45) is 0 Å². The number of hydrogen-bond donors (Lipinski definition) is 2. The third kappa shape index (κ3) is 3.14. The number of anilines is 1. The van der Waals surface area contributed by atoms with Crippen molar-refractivity contribution in [1.29, 1.82) is 0 Å². The van der Waals surface area contributed by atoms with E-state index in [1.165, 1.54) is 11.3 Å². The van der Waals surface area contributed by atoms with Crippen molar-refractivity contribution >= 4 is 56.5 Å². The summed E-state index contributed by atoms with van der Waals surface area (Å²) in [6.45, 7) is 0. The Labute approximate surface area is 157 Å². The molecule has 0 spiro atoms. The van der Waals surface area contributed by atoms with Crippen molar-refractivity contribution in [2.75, 3.05) is 5.32 Å². The van der Waals surface area contributed by atoms with Gasteiger partial charge in [-0.05, 0) is 24.3 Å². The van der Waals surface area contributed by atoms with Crippen LogP contribution in [0.3, 0.4) is 0 Å². The average Bonchev–Trinajstić information content (AvgIpc) is 3.21. The molecule has 0 radical (unpaired) electrons. The molecule has 4 aromatic rings. The number of aromatic nitrogens is 2. The maximum Gasteiger partial charge on any atom is 0.273 e. The molecule has 2 aromatic heterocycles. The number of rotatable bonds is 3. The molecule has 2 N–H and O–H groups in total. The number of aromatic amines is 1. The number of fused-ring (bicyclic) bond motifs is 1. The van der Waals surface area contributed by atoms with Crippen LogP contribution in [0.5, 0.6) is 0 Å². The van der Waals surface area contributed by atoms with Crippen molar-refractivity contribution < 1.29 is 4.79 Å². The number of benzene rings is 2. The van der Waals surface area contributed by atoms with Crippen LogP contribution in [0.25, 0.3) is 22.2 Å². The van der Waals surface area contributed by atoms with Gasteiger partial charge < -0.3 is 4.98 Å². The third-order valence-electron chi connectivity index (χ3n) is 3.72. The maximum atomic E-state index is 12.4. The van der Waals surface area contributed by atoms with Gasteiger partial charge in [-0.15, -0.1) is 11.3 Å². The van der Waals surface area contributed by atoms with E-state index in [0.29, 0.717) is 32.1 Å². The number of nitrogens with zero attached hydrogens (tertiary/aromatic N) is 1. The van der Waals surface area contributed by atoms with E-state index in [9.17, 15) is 4.79 Å². The first-order chi connectivity index (χ1) is 12.1.